The molecule has 1 unspecified atom stereocenters. The molecule has 2 aromatic rings. The van der Waals surface area contributed by atoms with Crippen LogP contribution < -0.4 is 5.32 Å². The Morgan fingerprint density at radius 2 is 2.24 bits per heavy atom. The van der Waals surface area contributed by atoms with Crippen LogP contribution in [0.2, 0.25) is 10.0 Å². The predicted octanol–water partition coefficient (Wildman–Crippen LogP) is 4.56. The number of rotatable bonds is 5. The Morgan fingerprint density at radius 3 is 2.90 bits per heavy atom. The minimum Gasteiger partial charge on any atom is -0.350 e. The molecule has 21 heavy (non-hydrogen) atoms. The summed E-state index contributed by atoms with van der Waals surface area (Å²) in [4.78, 5) is 18.1. The first-order chi connectivity index (χ1) is 9.95. The van der Waals surface area contributed by atoms with Gasteiger partial charge in [-0.1, -0.05) is 23.2 Å². The van der Waals surface area contributed by atoms with Crippen LogP contribution in [-0.2, 0) is 11.3 Å². The van der Waals surface area contributed by atoms with E-state index in [9.17, 15) is 4.79 Å². The quantitative estimate of drug-likeness (QED) is 0.794. The summed E-state index contributed by atoms with van der Waals surface area (Å²) in [6, 6.07) is 5.23. The maximum Gasteiger partial charge on any atom is 0.233 e. The average Bonchev–Trinajstić information content (AvgIpc) is 2.86. The Balaban J connectivity index is 1.91. The fourth-order valence-electron chi connectivity index (χ4n) is 1.62. The van der Waals surface area contributed by atoms with E-state index in [0.717, 1.165) is 14.8 Å². The first-order valence-electron chi connectivity index (χ1n) is 6.26. The van der Waals surface area contributed by atoms with Gasteiger partial charge in [-0.2, -0.15) is 0 Å². The van der Waals surface area contributed by atoms with Crippen molar-refractivity contribution >= 4 is 52.2 Å². The number of thiazole rings is 1. The minimum atomic E-state index is -0.255. The van der Waals surface area contributed by atoms with Gasteiger partial charge in [0.05, 0.1) is 21.8 Å². The number of benzene rings is 1. The standard InChI is InChI=1S/C14H14Cl2N2OS2/c1-8(20-13-5-10(15)3-4-12(13)16)14(19)18-7-11-6-17-9(2)21-11/h3-6,8H,7H2,1-2H3,(H,18,19). The topological polar surface area (TPSA) is 42.0 Å². The zero-order valence-corrected chi connectivity index (χ0v) is 14.7. The number of nitrogens with one attached hydrogen (secondary N) is 1. The monoisotopic (exact) mass is 360 g/mol. The summed E-state index contributed by atoms with van der Waals surface area (Å²) in [7, 11) is 0. The Bertz CT molecular complexity index is 646. The van der Waals surface area contributed by atoms with E-state index in [1.54, 1.807) is 35.7 Å². The van der Waals surface area contributed by atoms with Gasteiger partial charge in [0.1, 0.15) is 0 Å². The van der Waals surface area contributed by atoms with Crippen LogP contribution in [-0.4, -0.2) is 16.1 Å². The molecule has 0 spiro atoms. The molecular formula is C14H14Cl2N2OS2. The molecular weight excluding hydrogens is 347 g/mol. The molecule has 0 bridgehead atoms. The molecule has 0 radical (unpaired) electrons. The molecule has 112 valence electrons. The largest absolute Gasteiger partial charge is 0.350 e. The van der Waals surface area contributed by atoms with Crippen molar-refractivity contribution in [2.24, 2.45) is 0 Å². The number of carbonyl (C=O) groups excluding carboxylic acids is 1. The van der Waals surface area contributed by atoms with Crippen molar-refractivity contribution in [3.8, 4) is 0 Å². The second-order valence-electron chi connectivity index (χ2n) is 4.40. The molecule has 3 nitrogen and oxygen atoms in total. The van der Waals surface area contributed by atoms with Gasteiger partial charge in [-0.05, 0) is 32.0 Å². The van der Waals surface area contributed by atoms with Gasteiger partial charge in [0, 0.05) is 21.0 Å². The van der Waals surface area contributed by atoms with Gasteiger partial charge in [0.25, 0.3) is 0 Å². The van der Waals surface area contributed by atoms with Crippen molar-refractivity contribution in [3.05, 3.63) is 44.3 Å². The van der Waals surface area contributed by atoms with Crippen LogP contribution in [0, 0.1) is 6.92 Å². The summed E-state index contributed by atoms with van der Waals surface area (Å²) < 4.78 is 0. The zero-order valence-electron chi connectivity index (χ0n) is 11.5. The van der Waals surface area contributed by atoms with E-state index in [0.29, 0.717) is 16.6 Å². The highest BCUT2D eigenvalue weighted by molar-refractivity contribution is 8.00. The first kappa shape index (κ1) is 16.6. The summed E-state index contributed by atoms with van der Waals surface area (Å²) in [5.74, 6) is -0.0397. The van der Waals surface area contributed by atoms with E-state index >= 15 is 0 Å². The fraction of sp³-hybridized carbons (Fsp3) is 0.286. The Labute approximate surface area is 142 Å². The molecule has 1 amide bonds. The second kappa shape index (κ2) is 7.49. The number of thioether (sulfide) groups is 1. The molecule has 0 aliphatic carbocycles. The lowest BCUT2D eigenvalue weighted by molar-refractivity contribution is -0.120. The molecule has 2 rings (SSSR count). The second-order valence-corrected chi connectivity index (χ2v) is 7.94. The van der Waals surface area contributed by atoms with Gasteiger partial charge in [-0.25, -0.2) is 4.98 Å². The summed E-state index contributed by atoms with van der Waals surface area (Å²) in [6.07, 6.45) is 1.78. The maximum absolute atomic E-state index is 12.1. The first-order valence-corrected chi connectivity index (χ1v) is 8.71. The predicted molar refractivity (Wildman–Crippen MR) is 90.5 cm³/mol. The molecule has 0 saturated carbocycles. The zero-order chi connectivity index (χ0) is 15.4. The molecule has 0 aliphatic heterocycles. The van der Waals surface area contributed by atoms with Gasteiger partial charge in [0.15, 0.2) is 0 Å². The highest BCUT2D eigenvalue weighted by atomic mass is 35.5. The number of aryl methyl sites for hydroxylation is 1. The molecule has 0 aliphatic rings. The molecule has 1 atom stereocenters. The third kappa shape index (κ3) is 4.88. The number of aromatic nitrogens is 1. The lowest BCUT2D eigenvalue weighted by Gasteiger charge is -2.12. The summed E-state index contributed by atoms with van der Waals surface area (Å²) >= 11 is 15.0. The van der Waals surface area contributed by atoms with Gasteiger partial charge >= 0.3 is 0 Å². The number of hydrogen-bond donors (Lipinski definition) is 1. The maximum atomic E-state index is 12.1. The Hall–Kier alpha value is -0.750. The molecule has 0 fully saturated rings. The summed E-state index contributed by atoms with van der Waals surface area (Å²) in [6.45, 7) is 4.28. The third-order valence-electron chi connectivity index (χ3n) is 2.67. The number of hydrogen-bond acceptors (Lipinski definition) is 4. The van der Waals surface area contributed by atoms with Crippen molar-refractivity contribution in [3.63, 3.8) is 0 Å². The van der Waals surface area contributed by atoms with E-state index < -0.39 is 0 Å². The highest BCUT2D eigenvalue weighted by Crippen LogP contribution is 2.32. The highest BCUT2D eigenvalue weighted by Gasteiger charge is 2.16. The fourth-order valence-corrected chi connectivity index (χ4v) is 3.79. The SMILES string of the molecule is Cc1ncc(CNC(=O)C(C)Sc2cc(Cl)ccc2Cl)s1. The van der Waals surface area contributed by atoms with E-state index in [1.165, 1.54) is 11.8 Å². The van der Waals surface area contributed by atoms with Gasteiger partial charge in [0.2, 0.25) is 5.91 Å². The van der Waals surface area contributed by atoms with Crippen LogP contribution >= 0.6 is 46.3 Å². The average molecular weight is 361 g/mol. The number of halogens is 2. The minimum absolute atomic E-state index is 0.0397. The van der Waals surface area contributed by atoms with Crippen LogP contribution in [0.1, 0.15) is 16.8 Å². The molecule has 0 saturated heterocycles. The van der Waals surface area contributed by atoms with E-state index in [-0.39, 0.29) is 11.2 Å². The van der Waals surface area contributed by atoms with Crippen LogP contribution in [0.5, 0.6) is 0 Å². The van der Waals surface area contributed by atoms with Crippen LogP contribution in [0.4, 0.5) is 0 Å². The molecule has 1 N–H and O–H groups in total. The van der Waals surface area contributed by atoms with Crippen LogP contribution in [0.3, 0.4) is 0 Å². The smallest absolute Gasteiger partial charge is 0.233 e. The van der Waals surface area contributed by atoms with Crippen molar-refractivity contribution in [1.82, 2.24) is 10.3 Å². The van der Waals surface area contributed by atoms with Crippen molar-refractivity contribution in [2.45, 2.75) is 30.5 Å². The Kier molecular flexibility index (Phi) is 5.93. The lowest BCUT2D eigenvalue weighted by Crippen LogP contribution is -2.30. The van der Waals surface area contributed by atoms with E-state index in [1.807, 2.05) is 13.8 Å². The molecule has 7 heteroatoms. The number of amides is 1. The molecule has 1 heterocycles. The van der Waals surface area contributed by atoms with Crippen LogP contribution in [0.25, 0.3) is 0 Å². The number of carbonyl (C=O) groups is 1. The third-order valence-corrected chi connectivity index (χ3v) is 5.42. The molecule has 1 aromatic heterocycles. The van der Waals surface area contributed by atoms with E-state index in [2.05, 4.69) is 10.3 Å². The Morgan fingerprint density at radius 1 is 1.48 bits per heavy atom. The van der Waals surface area contributed by atoms with Gasteiger partial charge in [-0.15, -0.1) is 23.1 Å². The summed E-state index contributed by atoms with van der Waals surface area (Å²) in [5, 5.41) is 4.84. The lowest BCUT2D eigenvalue weighted by atomic mass is 10.4. The van der Waals surface area contributed by atoms with Crippen molar-refractivity contribution in [1.29, 1.82) is 0 Å². The van der Waals surface area contributed by atoms with Crippen molar-refractivity contribution < 1.29 is 4.79 Å². The van der Waals surface area contributed by atoms with E-state index in [4.69, 9.17) is 23.2 Å². The number of nitrogens with zero attached hydrogens (tertiary/aromatic N) is 1. The molecule has 1 aromatic carbocycles. The van der Waals surface area contributed by atoms with Crippen LogP contribution in [0.15, 0.2) is 29.3 Å². The normalized spacial score (nSPS) is 12.2. The van der Waals surface area contributed by atoms with Crippen molar-refractivity contribution in [2.75, 3.05) is 0 Å². The van der Waals surface area contributed by atoms with Gasteiger partial charge < -0.3 is 5.32 Å². The summed E-state index contributed by atoms with van der Waals surface area (Å²) in [5.41, 5.74) is 0. The van der Waals surface area contributed by atoms with Gasteiger partial charge in [-0.3, -0.25) is 4.79 Å².